The molecule has 0 aliphatic rings. The van der Waals surface area contributed by atoms with Crippen molar-refractivity contribution in [2.45, 2.75) is 19.4 Å². The summed E-state index contributed by atoms with van der Waals surface area (Å²) in [5, 5.41) is 22.5. The third-order valence-electron chi connectivity index (χ3n) is 2.42. The van der Waals surface area contributed by atoms with Gasteiger partial charge < -0.3 is 20.8 Å². The molecule has 1 atom stereocenters. The van der Waals surface area contributed by atoms with E-state index in [1.807, 2.05) is 13.0 Å². The number of urea groups is 1. The number of hydrogen-bond acceptors (Lipinski definition) is 3. The van der Waals surface area contributed by atoms with Crippen LogP contribution in [0.3, 0.4) is 0 Å². The fourth-order valence-electron chi connectivity index (χ4n) is 1.29. The summed E-state index contributed by atoms with van der Waals surface area (Å²) in [6, 6.07) is 4.93. The number of aliphatic hydroxyl groups is 1. The largest absolute Gasteiger partial charge is 0.479 e. The maximum Gasteiger partial charge on any atom is 0.332 e. The second-order valence-corrected chi connectivity index (χ2v) is 4.84. The maximum atomic E-state index is 11.5. The number of carbonyl (C=O) groups is 2. The lowest BCUT2D eigenvalue weighted by Gasteiger charge is -2.09. The van der Waals surface area contributed by atoms with Crippen molar-refractivity contribution >= 4 is 33.6 Å². The molecule has 0 aromatic heterocycles. The Labute approximate surface area is 118 Å². The van der Waals surface area contributed by atoms with E-state index in [0.717, 1.165) is 10.0 Å². The van der Waals surface area contributed by atoms with Crippen LogP contribution >= 0.6 is 15.9 Å². The zero-order chi connectivity index (χ0) is 14.4. The number of aliphatic carboxylic acids is 1. The minimum atomic E-state index is -1.46. The first-order valence-electron chi connectivity index (χ1n) is 5.62. The van der Waals surface area contributed by atoms with E-state index in [1.165, 1.54) is 0 Å². The van der Waals surface area contributed by atoms with Gasteiger partial charge in [0, 0.05) is 23.1 Å². The molecule has 0 saturated carbocycles. The third kappa shape index (κ3) is 5.27. The van der Waals surface area contributed by atoms with Gasteiger partial charge in [0.1, 0.15) is 0 Å². The van der Waals surface area contributed by atoms with E-state index in [4.69, 9.17) is 10.2 Å². The Balaban J connectivity index is 2.39. The van der Waals surface area contributed by atoms with Crippen LogP contribution in [0.4, 0.5) is 10.5 Å². The molecular formula is C12H15BrN2O4. The van der Waals surface area contributed by atoms with Gasteiger partial charge in [-0.25, -0.2) is 9.59 Å². The molecule has 0 radical (unpaired) electrons. The Morgan fingerprint density at radius 3 is 2.68 bits per heavy atom. The number of hydrogen-bond donors (Lipinski definition) is 4. The summed E-state index contributed by atoms with van der Waals surface area (Å²) in [4.78, 5) is 21.8. The van der Waals surface area contributed by atoms with Crippen LogP contribution < -0.4 is 10.6 Å². The van der Waals surface area contributed by atoms with Crippen molar-refractivity contribution < 1.29 is 19.8 Å². The molecule has 0 aliphatic heterocycles. The molecule has 0 unspecified atom stereocenters. The number of carboxylic acids is 1. The van der Waals surface area contributed by atoms with Crippen molar-refractivity contribution in [1.29, 1.82) is 0 Å². The number of rotatable bonds is 5. The normalized spacial score (nSPS) is 11.7. The van der Waals surface area contributed by atoms with E-state index >= 15 is 0 Å². The fraction of sp³-hybridized carbons (Fsp3) is 0.333. The van der Waals surface area contributed by atoms with Crippen molar-refractivity contribution in [1.82, 2.24) is 5.32 Å². The van der Waals surface area contributed by atoms with Crippen LogP contribution in [0.15, 0.2) is 22.7 Å². The Morgan fingerprint density at radius 1 is 1.42 bits per heavy atom. The number of benzene rings is 1. The summed E-state index contributed by atoms with van der Waals surface area (Å²) in [5.74, 6) is -1.30. The monoisotopic (exact) mass is 330 g/mol. The van der Waals surface area contributed by atoms with E-state index in [2.05, 4.69) is 26.6 Å². The highest BCUT2D eigenvalue weighted by atomic mass is 79.9. The molecule has 104 valence electrons. The number of amides is 2. The summed E-state index contributed by atoms with van der Waals surface area (Å²) in [6.45, 7) is 2.01. The molecule has 0 heterocycles. The van der Waals surface area contributed by atoms with Gasteiger partial charge in [0.25, 0.3) is 0 Å². The zero-order valence-electron chi connectivity index (χ0n) is 10.3. The van der Waals surface area contributed by atoms with Crippen molar-refractivity contribution in [3.8, 4) is 0 Å². The lowest BCUT2D eigenvalue weighted by molar-refractivity contribution is -0.146. The van der Waals surface area contributed by atoms with E-state index < -0.39 is 18.1 Å². The second-order valence-electron chi connectivity index (χ2n) is 3.99. The lowest BCUT2D eigenvalue weighted by atomic mass is 10.2. The topological polar surface area (TPSA) is 98.7 Å². The van der Waals surface area contributed by atoms with Gasteiger partial charge >= 0.3 is 12.0 Å². The van der Waals surface area contributed by atoms with E-state index in [9.17, 15) is 9.59 Å². The Bertz CT molecular complexity index is 479. The van der Waals surface area contributed by atoms with Crippen LogP contribution in [0, 0.1) is 6.92 Å². The SMILES string of the molecule is Cc1ccc(NC(=O)NCC[C@H](O)C(=O)O)cc1Br. The molecule has 4 N–H and O–H groups in total. The van der Waals surface area contributed by atoms with Crippen molar-refractivity contribution in [3.05, 3.63) is 28.2 Å². The number of carbonyl (C=O) groups excluding carboxylic acids is 1. The quantitative estimate of drug-likeness (QED) is 0.660. The minimum absolute atomic E-state index is 0.0413. The van der Waals surface area contributed by atoms with Gasteiger partial charge in [-0.05, 0) is 24.6 Å². The first kappa shape index (κ1) is 15.5. The average molecular weight is 331 g/mol. The molecule has 0 bridgehead atoms. The smallest absolute Gasteiger partial charge is 0.332 e. The predicted molar refractivity (Wildman–Crippen MR) is 74.2 cm³/mol. The number of aryl methyl sites for hydroxylation is 1. The summed E-state index contributed by atoms with van der Waals surface area (Å²) in [5.41, 5.74) is 1.67. The van der Waals surface area contributed by atoms with Crippen LogP contribution in [-0.4, -0.2) is 34.9 Å². The predicted octanol–water partition coefficient (Wildman–Crippen LogP) is 1.71. The van der Waals surface area contributed by atoms with Crippen LogP contribution in [0.1, 0.15) is 12.0 Å². The molecule has 1 aromatic carbocycles. The van der Waals surface area contributed by atoms with Crippen molar-refractivity contribution in [2.24, 2.45) is 0 Å². The molecule has 1 aromatic rings. The minimum Gasteiger partial charge on any atom is -0.479 e. The summed E-state index contributed by atoms with van der Waals surface area (Å²) < 4.78 is 0.881. The Hall–Kier alpha value is -1.60. The number of aliphatic hydroxyl groups excluding tert-OH is 1. The van der Waals surface area contributed by atoms with Gasteiger partial charge in [-0.3, -0.25) is 0 Å². The Morgan fingerprint density at radius 2 is 2.11 bits per heavy atom. The fourth-order valence-corrected chi connectivity index (χ4v) is 1.67. The van der Waals surface area contributed by atoms with Gasteiger partial charge in [0.15, 0.2) is 6.10 Å². The van der Waals surface area contributed by atoms with Crippen LogP contribution in [0.25, 0.3) is 0 Å². The maximum absolute atomic E-state index is 11.5. The standard InChI is InChI=1S/C12H15BrN2O4/c1-7-2-3-8(6-9(7)13)15-12(19)14-5-4-10(16)11(17)18/h2-3,6,10,16H,4-5H2,1H3,(H,17,18)(H2,14,15,19)/t10-/m0/s1. The molecule has 2 amide bonds. The molecule has 0 saturated heterocycles. The van der Waals surface area contributed by atoms with Gasteiger partial charge in [0.05, 0.1) is 0 Å². The molecule has 0 fully saturated rings. The van der Waals surface area contributed by atoms with E-state index in [0.29, 0.717) is 5.69 Å². The number of halogens is 1. The van der Waals surface area contributed by atoms with Crippen LogP contribution in [0.2, 0.25) is 0 Å². The lowest BCUT2D eigenvalue weighted by Crippen LogP contribution is -2.33. The molecule has 1 rings (SSSR count). The first-order valence-corrected chi connectivity index (χ1v) is 6.41. The number of anilines is 1. The van der Waals surface area contributed by atoms with E-state index in [1.54, 1.807) is 12.1 Å². The average Bonchev–Trinajstić information content (AvgIpc) is 2.33. The highest BCUT2D eigenvalue weighted by Gasteiger charge is 2.12. The second kappa shape index (κ2) is 7.10. The van der Waals surface area contributed by atoms with Gasteiger partial charge in [-0.1, -0.05) is 22.0 Å². The summed E-state index contributed by atoms with van der Waals surface area (Å²) in [7, 11) is 0. The summed E-state index contributed by atoms with van der Waals surface area (Å²) >= 11 is 3.35. The van der Waals surface area contributed by atoms with Gasteiger partial charge in [-0.2, -0.15) is 0 Å². The zero-order valence-corrected chi connectivity index (χ0v) is 11.9. The van der Waals surface area contributed by atoms with Gasteiger partial charge in [0.2, 0.25) is 0 Å². The molecule has 7 heteroatoms. The van der Waals surface area contributed by atoms with Crippen LogP contribution in [0.5, 0.6) is 0 Å². The van der Waals surface area contributed by atoms with Crippen molar-refractivity contribution in [3.63, 3.8) is 0 Å². The highest BCUT2D eigenvalue weighted by molar-refractivity contribution is 9.10. The van der Waals surface area contributed by atoms with E-state index in [-0.39, 0.29) is 13.0 Å². The Kier molecular flexibility index (Phi) is 5.78. The first-order chi connectivity index (χ1) is 8.90. The van der Waals surface area contributed by atoms with Crippen molar-refractivity contribution in [2.75, 3.05) is 11.9 Å². The molecule has 0 spiro atoms. The third-order valence-corrected chi connectivity index (χ3v) is 3.27. The number of carboxylic acid groups (broad SMARTS) is 1. The molecule has 6 nitrogen and oxygen atoms in total. The van der Waals surface area contributed by atoms with Gasteiger partial charge in [-0.15, -0.1) is 0 Å². The van der Waals surface area contributed by atoms with Crippen LogP contribution in [-0.2, 0) is 4.79 Å². The molecule has 19 heavy (non-hydrogen) atoms. The summed E-state index contributed by atoms with van der Waals surface area (Å²) in [6.07, 6.45) is -1.51. The highest BCUT2D eigenvalue weighted by Crippen LogP contribution is 2.20. The molecule has 0 aliphatic carbocycles. The number of nitrogens with one attached hydrogen (secondary N) is 2. The molecular weight excluding hydrogens is 316 g/mol.